The molecule has 14 heavy (non-hydrogen) atoms. The lowest BCUT2D eigenvalue weighted by Gasteiger charge is -2.07. The lowest BCUT2D eigenvalue weighted by molar-refractivity contribution is 0.297. The number of ether oxygens (including phenoxy) is 1. The van der Waals surface area contributed by atoms with Gasteiger partial charge in [0.25, 0.3) is 0 Å². The van der Waals surface area contributed by atoms with Crippen molar-refractivity contribution in [2.75, 3.05) is 13.2 Å². The number of hydrogen-bond acceptors (Lipinski definition) is 2. The van der Waals surface area contributed by atoms with Crippen LogP contribution in [-0.2, 0) is 0 Å². The molecule has 0 unspecified atom stereocenters. The summed E-state index contributed by atoms with van der Waals surface area (Å²) < 4.78 is 30.9. The van der Waals surface area contributed by atoms with Crippen molar-refractivity contribution in [1.29, 1.82) is 0 Å². The second-order valence-electron chi connectivity index (χ2n) is 2.66. The van der Waals surface area contributed by atoms with E-state index in [2.05, 4.69) is 0 Å². The average molecular weight is 222 g/mol. The predicted octanol–water partition coefficient (Wildman–Crippen LogP) is 2.35. The van der Waals surface area contributed by atoms with Gasteiger partial charge in [-0.1, -0.05) is 11.6 Å². The standard InChI is InChI=1S/C9H10ClF2NO/c10-8-6(11)2-3-7(9(8)12)14-5-1-4-13/h2-3H,1,4-5,13H2. The molecule has 5 heteroatoms. The Labute approximate surface area is 85.6 Å². The average Bonchev–Trinajstić information content (AvgIpc) is 2.18. The van der Waals surface area contributed by atoms with E-state index >= 15 is 0 Å². The van der Waals surface area contributed by atoms with Gasteiger partial charge in [0.05, 0.1) is 6.61 Å². The molecule has 0 spiro atoms. The van der Waals surface area contributed by atoms with E-state index in [-0.39, 0.29) is 12.4 Å². The quantitative estimate of drug-likeness (QED) is 0.626. The Bertz CT molecular complexity index is 320. The normalized spacial score (nSPS) is 10.3. The van der Waals surface area contributed by atoms with E-state index < -0.39 is 16.7 Å². The number of nitrogens with two attached hydrogens (primary N) is 1. The van der Waals surface area contributed by atoms with Crippen molar-refractivity contribution in [3.8, 4) is 5.75 Å². The fourth-order valence-corrected chi connectivity index (χ4v) is 1.04. The second-order valence-corrected chi connectivity index (χ2v) is 3.04. The second kappa shape index (κ2) is 5.12. The fraction of sp³-hybridized carbons (Fsp3) is 0.333. The van der Waals surface area contributed by atoms with E-state index in [4.69, 9.17) is 22.1 Å². The maximum absolute atomic E-state index is 13.2. The van der Waals surface area contributed by atoms with Gasteiger partial charge in [0, 0.05) is 0 Å². The maximum atomic E-state index is 13.2. The monoisotopic (exact) mass is 221 g/mol. The van der Waals surface area contributed by atoms with Gasteiger partial charge in [-0.25, -0.2) is 8.78 Å². The zero-order valence-corrected chi connectivity index (χ0v) is 8.15. The maximum Gasteiger partial charge on any atom is 0.186 e. The molecule has 1 rings (SSSR count). The Hall–Kier alpha value is -0.870. The van der Waals surface area contributed by atoms with Crippen molar-refractivity contribution in [2.45, 2.75) is 6.42 Å². The van der Waals surface area contributed by atoms with E-state index in [0.717, 1.165) is 6.07 Å². The Balaban J connectivity index is 2.73. The minimum atomic E-state index is -0.872. The molecule has 0 aliphatic rings. The van der Waals surface area contributed by atoms with Crippen LogP contribution in [0.15, 0.2) is 12.1 Å². The summed E-state index contributed by atoms with van der Waals surface area (Å²) in [5.74, 6) is -1.72. The summed E-state index contributed by atoms with van der Waals surface area (Å²) in [5.41, 5.74) is 5.22. The molecule has 0 heterocycles. The van der Waals surface area contributed by atoms with Gasteiger partial charge in [-0.3, -0.25) is 0 Å². The van der Waals surface area contributed by atoms with Gasteiger partial charge in [-0.05, 0) is 25.1 Å². The molecule has 0 saturated heterocycles. The lowest BCUT2D eigenvalue weighted by atomic mass is 10.3. The van der Waals surface area contributed by atoms with E-state index in [1.165, 1.54) is 6.07 Å². The van der Waals surface area contributed by atoms with Crippen molar-refractivity contribution in [1.82, 2.24) is 0 Å². The highest BCUT2D eigenvalue weighted by atomic mass is 35.5. The van der Waals surface area contributed by atoms with E-state index in [0.29, 0.717) is 13.0 Å². The summed E-state index contributed by atoms with van der Waals surface area (Å²) in [6.07, 6.45) is 0.606. The lowest BCUT2D eigenvalue weighted by Crippen LogP contribution is -2.07. The van der Waals surface area contributed by atoms with Gasteiger partial charge in [0.15, 0.2) is 11.6 Å². The molecular formula is C9H10ClF2NO. The van der Waals surface area contributed by atoms with Crippen LogP contribution in [0.4, 0.5) is 8.78 Å². The highest BCUT2D eigenvalue weighted by Gasteiger charge is 2.12. The summed E-state index contributed by atoms with van der Waals surface area (Å²) in [6.45, 7) is 0.742. The zero-order chi connectivity index (χ0) is 10.6. The van der Waals surface area contributed by atoms with Crippen LogP contribution in [0.25, 0.3) is 0 Å². The first-order valence-corrected chi connectivity index (χ1v) is 4.51. The first kappa shape index (κ1) is 11.2. The predicted molar refractivity (Wildman–Crippen MR) is 50.5 cm³/mol. The van der Waals surface area contributed by atoms with E-state index in [9.17, 15) is 8.78 Å². The van der Waals surface area contributed by atoms with Crippen LogP contribution < -0.4 is 10.5 Å². The topological polar surface area (TPSA) is 35.2 Å². The van der Waals surface area contributed by atoms with Crippen LogP contribution in [0.5, 0.6) is 5.75 Å². The van der Waals surface area contributed by atoms with Crippen LogP contribution in [0.1, 0.15) is 6.42 Å². The number of hydrogen-bond donors (Lipinski definition) is 1. The Morgan fingerprint density at radius 2 is 2.07 bits per heavy atom. The molecule has 78 valence electrons. The third kappa shape index (κ3) is 2.56. The van der Waals surface area contributed by atoms with Crippen LogP contribution >= 0.6 is 11.6 Å². The summed E-state index contributed by atoms with van der Waals surface area (Å²) in [5, 5.41) is -0.546. The summed E-state index contributed by atoms with van der Waals surface area (Å²) >= 11 is 5.34. The SMILES string of the molecule is NCCCOc1ccc(F)c(Cl)c1F. The molecule has 0 atom stereocenters. The molecule has 1 aromatic rings. The van der Waals surface area contributed by atoms with Crippen molar-refractivity contribution < 1.29 is 13.5 Å². The minimum Gasteiger partial charge on any atom is -0.490 e. The Morgan fingerprint density at radius 3 is 2.71 bits per heavy atom. The van der Waals surface area contributed by atoms with Gasteiger partial charge in [-0.2, -0.15) is 0 Å². The molecular weight excluding hydrogens is 212 g/mol. The van der Waals surface area contributed by atoms with Gasteiger partial charge in [0.1, 0.15) is 10.8 Å². The Morgan fingerprint density at radius 1 is 1.36 bits per heavy atom. The molecule has 2 nitrogen and oxygen atoms in total. The molecule has 2 N–H and O–H groups in total. The molecule has 1 aromatic carbocycles. The van der Waals surface area contributed by atoms with Gasteiger partial charge < -0.3 is 10.5 Å². The molecule has 0 radical (unpaired) electrons. The molecule has 0 bridgehead atoms. The number of halogens is 3. The molecule has 0 aromatic heterocycles. The van der Waals surface area contributed by atoms with Crippen LogP contribution in [0.3, 0.4) is 0 Å². The fourth-order valence-electron chi connectivity index (χ4n) is 0.885. The first-order valence-electron chi connectivity index (χ1n) is 4.13. The molecule has 0 saturated carbocycles. The first-order chi connectivity index (χ1) is 6.66. The summed E-state index contributed by atoms with van der Waals surface area (Å²) in [7, 11) is 0. The van der Waals surface area contributed by atoms with Crippen molar-refractivity contribution in [3.63, 3.8) is 0 Å². The molecule has 0 amide bonds. The van der Waals surface area contributed by atoms with E-state index in [1.807, 2.05) is 0 Å². The molecule has 0 aliphatic carbocycles. The van der Waals surface area contributed by atoms with Gasteiger partial charge >= 0.3 is 0 Å². The highest BCUT2D eigenvalue weighted by Crippen LogP contribution is 2.26. The number of rotatable bonds is 4. The van der Waals surface area contributed by atoms with Crippen molar-refractivity contribution in [2.24, 2.45) is 5.73 Å². The largest absolute Gasteiger partial charge is 0.490 e. The van der Waals surface area contributed by atoms with Crippen molar-refractivity contribution in [3.05, 3.63) is 28.8 Å². The third-order valence-electron chi connectivity index (χ3n) is 1.61. The van der Waals surface area contributed by atoms with Crippen molar-refractivity contribution >= 4 is 11.6 Å². The van der Waals surface area contributed by atoms with Crippen LogP contribution in [-0.4, -0.2) is 13.2 Å². The summed E-state index contributed by atoms with van der Waals surface area (Å²) in [6, 6.07) is 2.26. The summed E-state index contributed by atoms with van der Waals surface area (Å²) in [4.78, 5) is 0. The molecule has 0 aliphatic heterocycles. The highest BCUT2D eigenvalue weighted by molar-refractivity contribution is 6.31. The Kier molecular flexibility index (Phi) is 4.10. The molecule has 0 fully saturated rings. The van der Waals surface area contributed by atoms with Gasteiger partial charge in [0.2, 0.25) is 0 Å². The van der Waals surface area contributed by atoms with E-state index in [1.54, 1.807) is 0 Å². The van der Waals surface area contributed by atoms with Crippen LogP contribution in [0.2, 0.25) is 5.02 Å². The third-order valence-corrected chi connectivity index (χ3v) is 1.95. The minimum absolute atomic E-state index is 0.0511. The number of benzene rings is 1. The smallest absolute Gasteiger partial charge is 0.186 e. The van der Waals surface area contributed by atoms with Crippen LogP contribution in [0, 0.1) is 11.6 Å². The zero-order valence-electron chi connectivity index (χ0n) is 7.40. The van der Waals surface area contributed by atoms with Gasteiger partial charge in [-0.15, -0.1) is 0 Å².